The molecule has 1 atom stereocenters. The highest BCUT2D eigenvalue weighted by atomic mass is 32.2. The highest BCUT2D eigenvalue weighted by Gasteiger charge is 2.15. The van der Waals surface area contributed by atoms with Crippen molar-refractivity contribution in [1.82, 2.24) is 20.6 Å². The molecule has 1 aromatic heterocycles. The Labute approximate surface area is 147 Å². The van der Waals surface area contributed by atoms with Crippen molar-refractivity contribution in [2.45, 2.75) is 31.6 Å². The lowest BCUT2D eigenvalue weighted by molar-refractivity contribution is 0.725. The summed E-state index contributed by atoms with van der Waals surface area (Å²) >= 11 is 2.05. The fraction of sp³-hybridized carbons (Fsp3) is 0.444. The number of nitrogens with one attached hydrogen (secondary N) is 3. The SMILES string of the molecule is CCNC(=NCc1ncc(-c2ccccc2)[nH]1)NCC1CCCS1. The first-order valence-electron chi connectivity index (χ1n) is 8.58. The predicted molar refractivity (Wildman–Crippen MR) is 102 cm³/mol. The normalized spacial score (nSPS) is 17.9. The molecule has 0 aliphatic carbocycles. The molecular formula is C18H25N5S. The Bertz CT molecular complexity index is 646. The van der Waals surface area contributed by atoms with Gasteiger partial charge in [-0.2, -0.15) is 11.8 Å². The van der Waals surface area contributed by atoms with Crippen molar-refractivity contribution in [1.29, 1.82) is 0 Å². The van der Waals surface area contributed by atoms with Crippen LogP contribution >= 0.6 is 11.8 Å². The van der Waals surface area contributed by atoms with Crippen LogP contribution in [-0.4, -0.2) is 40.0 Å². The molecule has 0 radical (unpaired) electrons. The van der Waals surface area contributed by atoms with Gasteiger partial charge in [-0.25, -0.2) is 9.98 Å². The van der Waals surface area contributed by atoms with Gasteiger partial charge < -0.3 is 15.6 Å². The van der Waals surface area contributed by atoms with E-state index in [0.717, 1.165) is 36.1 Å². The van der Waals surface area contributed by atoms with Gasteiger partial charge >= 0.3 is 0 Å². The lowest BCUT2D eigenvalue weighted by Gasteiger charge is -2.14. The standard InChI is InChI=1S/C18H25N5S/c1-2-19-18(21-11-15-9-6-10-24-15)22-13-17-20-12-16(23-17)14-7-4-3-5-8-14/h3-5,7-8,12,15H,2,6,9-11,13H2,1H3,(H,20,23)(H2,19,21,22). The number of thioether (sulfide) groups is 1. The summed E-state index contributed by atoms with van der Waals surface area (Å²) < 4.78 is 0. The first-order chi connectivity index (χ1) is 11.8. The molecule has 2 heterocycles. The Morgan fingerprint density at radius 3 is 2.96 bits per heavy atom. The molecule has 2 aromatic rings. The molecule has 1 aromatic carbocycles. The quantitative estimate of drug-likeness (QED) is 0.557. The van der Waals surface area contributed by atoms with E-state index in [1.54, 1.807) is 0 Å². The summed E-state index contributed by atoms with van der Waals surface area (Å²) in [5.74, 6) is 3.03. The molecule has 1 fully saturated rings. The summed E-state index contributed by atoms with van der Waals surface area (Å²) in [6, 6.07) is 10.2. The first kappa shape index (κ1) is 16.9. The predicted octanol–water partition coefficient (Wildman–Crippen LogP) is 3.03. The summed E-state index contributed by atoms with van der Waals surface area (Å²) in [6.07, 6.45) is 4.50. The maximum atomic E-state index is 4.64. The molecule has 1 aliphatic heterocycles. The number of hydrogen-bond donors (Lipinski definition) is 3. The van der Waals surface area contributed by atoms with Crippen molar-refractivity contribution in [3.8, 4) is 11.3 Å². The van der Waals surface area contributed by atoms with Crippen LogP contribution < -0.4 is 10.6 Å². The molecule has 1 unspecified atom stereocenters. The van der Waals surface area contributed by atoms with Gasteiger partial charge in [0, 0.05) is 18.3 Å². The highest BCUT2D eigenvalue weighted by Crippen LogP contribution is 2.25. The minimum Gasteiger partial charge on any atom is -0.357 e. The monoisotopic (exact) mass is 343 g/mol. The number of rotatable bonds is 6. The van der Waals surface area contributed by atoms with Crippen LogP contribution in [0, 0.1) is 0 Å². The van der Waals surface area contributed by atoms with E-state index in [2.05, 4.69) is 56.4 Å². The summed E-state index contributed by atoms with van der Waals surface area (Å²) in [5.41, 5.74) is 2.17. The number of aromatic nitrogens is 2. The molecule has 0 saturated carbocycles. The van der Waals surface area contributed by atoms with Crippen LogP contribution in [0.2, 0.25) is 0 Å². The summed E-state index contributed by atoms with van der Waals surface area (Å²) in [5, 5.41) is 7.46. The Kier molecular flexibility index (Phi) is 6.18. The maximum Gasteiger partial charge on any atom is 0.191 e. The number of guanidine groups is 1. The molecule has 128 valence electrons. The number of H-pyrrole nitrogens is 1. The van der Waals surface area contributed by atoms with Crippen molar-refractivity contribution in [2.75, 3.05) is 18.8 Å². The Hall–Kier alpha value is -1.95. The second kappa shape index (κ2) is 8.78. The fourth-order valence-corrected chi connectivity index (χ4v) is 3.92. The van der Waals surface area contributed by atoms with Crippen LogP contribution in [0.5, 0.6) is 0 Å². The molecule has 0 bridgehead atoms. The minimum absolute atomic E-state index is 0.542. The van der Waals surface area contributed by atoms with Gasteiger partial charge in [0.05, 0.1) is 11.9 Å². The topological polar surface area (TPSA) is 65.1 Å². The van der Waals surface area contributed by atoms with Crippen molar-refractivity contribution < 1.29 is 0 Å². The number of benzene rings is 1. The van der Waals surface area contributed by atoms with Crippen LogP contribution in [0.15, 0.2) is 41.5 Å². The van der Waals surface area contributed by atoms with Crippen molar-refractivity contribution in [2.24, 2.45) is 4.99 Å². The van der Waals surface area contributed by atoms with Crippen LogP contribution in [0.25, 0.3) is 11.3 Å². The number of nitrogens with zero attached hydrogens (tertiary/aromatic N) is 2. The van der Waals surface area contributed by atoms with Crippen LogP contribution in [-0.2, 0) is 6.54 Å². The lowest BCUT2D eigenvalue weighted by atomic mass is 10.2. The van der Waals surface area contributed by atoms with E-state index >= 15 is 0 Å². The zero-order valence-corrected chi connectivity index (χ0v) is 14.9. The molecule has 1 saturated heterocycles. The van der Waals surface area contributed by atoms with Gasteiger partial charge in [0.15, 0.2) is 5.96 Å². The Balaban J connectivity index is 1.58. The smallest absolute Gasteiger partial charge is 0.191 e. The zero-order valence-electron chi connectivity index (χ0n) is 14.1. The van der Waals surface area contributed by atoms with Gasteiger partial charge in [-0.15, -0.1) is 0 Å². The van der Waals surface area contributed by atoms with Gasteiger partial charge in [0.2, 0.25) is 0 Å². The number of aliphatic imine (C=N–C) groups is 1. The van der Waals surface area contributed by atoms with Crippen LogP contribution in [0.1, 0.15) is 25.6 Å². The number of hydrogen-bond acceptors (Lipinski definition) is 3. The third kappa shape index (κ3) is 4.77. The van der Waals surface area contributed by atoms with Crippen molar-refractivity contribution in [3.05, 3.63) is 42.4 Å². The number of imidazole rings is 1. The van der Waals surface area contributed by atoms with Gasteiger partial charge in [0.1, 0.15) is 12.4 Å². The average Bonchev–Trinajstić information content (AvgIpc) is 3.30. The molecule has 3 N–H and O–H groups in total. The summed E-state index contributed by atoms with van der Waals surface area (Å²) in [7, 11) is 0. The van der Waals surface area contributed by atoms with Crippen molar-refractivity contribution >= 4 is 17.7 Å². The third-order valence-corrected chi connectivity index (χ3v) is 5.36. The maximum absolute atomic E-state index is 4.64. The minimum atomic E-state index is 0.542. The zero-order chi connectivity index (χ0) is 16.6. The second-order valence-electron chi connectivity index (χ2n) is 5.82. The Morgan fingerprint density at radius 1 is 1.33 bits per heavy atom. The molecule has 6 heteroatoms. The summed E-state index contributed by atoms with van der Waals surface area (Å²) in [6.45, 7) is 4.46. The molecule has 1 aliphatic rings. The van der Waals surface area contributed by atoms with Crippen LogP contribution in [0.3, 0.4) is 0 Å². The van der Waals surface area contributed by atoms with E-state index in [1.165, 1.54) is 18.6 Å². The van der Waals surface area contributed by atoms with E-state index < -0.39 is 0 Å². The highest BCUT2D eigenvalue weighted by molar-refractivity contribution is 8.00. The van der Waals surface area contributed by atoms with Gasteiger partial charge in [0.25, 0.3) is 0 Å². The van der Waals surface area contributed by atoms with E-state index in [4.69, 9.17) is 0 Å². The average molecular weight is 344 g/mol. The second-order valence-corrected chi connectivity index (χ2v) is 7.23. The van der Waals surface area contributed by atoms with Gasteiger partial charge in [-0.3, -0.25) is 0 Å². The van der Waals surface area contributed by atoms with Gasteiger partial charge in [-0.1, -0.05) is 30.3 Å². The summed E-state index contributed by atoms with van der Waals surface area (Å²) in [4.78, 5) is 12.4. The number of aromatic amines is 1. The fourth-order valence-electron chi connectivity index (χ4n) is 2.72. The molecule has 3 rings (SSSR count). The van der Waals surface area contributed by atoms with E-state index in [9.17, 15) is 0 Å². The van der Waals surface area contributed by atoms with Crippen molar-refractivity contribution in [3.63, 3.8) is 0 Å². The largest absolute Gasteiger partial charge is 0.357 e. The molecule has 0 spiro atoms. The molecule has 0 amide bonds. The van der Waals surface area contributed by atoms with E-state index in [1.807, 2.05) is 24.4 Å². The first-order valence-corrected chi connectivity index (χ1v) is 9.63. The molecule has 24 heavy (non-hydrogen) atoms. The van der Waals surface area contributed by atoms with E-state index in [0.29, 0.717) is 11.8 Å². The molecule has 5 nitrogen and oxygen atoms in total. The van der Waals surface area contributed by atoms with Crippen LogP contribution in [0.4, 0.5) is 0 Å². The van der Waals surface area contributed by atoms with Gasteiger partial charge in [-0.05, 0) is 31.1 Å². The van der Waals surface area contributed by atoms with E-state index in [-0.39, 0.29) is 0 Å². The third-order valence-electron chi connectivity index (χ3n) is 3.97. The lowest BCUT2D eigenvalue weighted by Crippen LogP contribution is -2.40. The Morgan fingerprint density at radius 2 is 2.21 bits per heavy atom. The molecular weight excluding hydrogens is 318 g/mol.